The molecule has 7 nitrogen and oxygen atoms in total. The van der Waals surface area contributed by atoms with Crippen molar-refractivity contribution in [2.45, 2.75) is 26.1 Å². The van der Waals surface area contributed by atoms with E-state index < -0.39 is 0 Å². The standard InChI is InChI=1S/C8H14N6O/c1-6(8(15)11-9)13-2-3-14-5-10-12-7(14)4-13/h5-6H,2-4,9H2,1H3,(H,11,15). The third-order valence-electron chi connectivity index (χ3n) is 2.74. The molecule has 0 aromatic carbocycles. The minimum absolute atomic E-state index is 0.178. The number of nitrogens with one attached hydrogen (secondary N) is 1. The summed E-state index contributed by atoms with van der Waals surface area (Å²) in [7, 11) is 0. The molecule has 1 aromatic heterocycles. The zero-order valence-corrected chi connectivity index (χ0v) is 8.55. The first-order valence-corrected chi connectivity index (χ1v) is 4.83. The lowest BCUT2D eigenvalue weighted by Gasteiger charge is -2.30. The van der Waals surface area contributed by atoms with Crippen LogP contribution in [0.5, 0.6) is 0 Å². The van der Waals surface area contributed by atoms with Crippen molar-refractivity contribution in [2.75, 3.05) is 6.54 Å². The van der Waals surface area contributed by atoms with Gasteiger partial charge in [-0.1, -0.05) is 0 Å². The van der Waals surface area contributed by atoms with E-state index in [9.17, 15) is 4.79 Å². The Morgan fingerprint density at radius 3 is 3.20 bits per heavy atom. The largest absolute Gasteiger partial charge is 0.315 e. The second-order valence-corrected chi connectivity index (χ2v) is 3.60. The molecule has 0 bridgehead atoms. The van der Waals surface area contributed by atoms with E-state index in [4.69, 9.17) is 5.84 Å². The minimum atomic E-state index is -0.236. The van der Waals surface area contributed by atoms with Crippen molar-refractivity contribution >= 4 is 5.91 Å². The summed E-state index contributed by atoms with van der Waals surface area (Å²) >= 11 is 0. The Morgan fingerprint density at radius 1 is 1.67 bits per heavy atom. The Balaban J connectivity index is 2.06. The predicted molar refractivity (Wildman–Crippen MR) is 52.2 cm³/mol. The molecule has 0 saturated carbocycles. The first-order valence-electron chi connectivity index (χ1n) is 4.83. The Morgan fingerprint density at radius 2 is 2.47 bits per heavy atom. The quantitative estimate of drug-likeness (QED) is 0.351. The molecule has 0 saturated heterocycles. The third kappa shape index (κ3) is 1.83. The van der Waals surface area contributed by atoms with E-state index in [-0.39, 0.29) is 11.9 Å². The number of rotatable bonds is 2. The minimum Gasteiger partial charge on any atom is -0.315 e. The highest BCUT2D eigenvalue weighted by molar-refractivity contribution is 5.80. The molecule has 1 aromatic rings. The SMILES string of the molecule is CC(C(=O)NN)N1CCn2cnnc2C1. The van der Waals surface area contributed by atoms with Crippen LogP contribution in [0.2, 0.25) is 0 Å². The zero-order valence-electron chi connectivity index (χ0n) is 8.55. The van der Waals surface area contributed by atoms with Crippen LogP contribution in [0.3, 0.4) is 0 Å². The second-order valence-electron chi connectivity index (χ2n) is 3.60. The average molecular weight is 210 g/mol. The number of nitrogens with two attached hydrogens (primary N) is 1. The third-order valence-corrected chi connectivity index (χ3v) is 2.74. The highest BCUT2D eigenvalue weighted by atomic mass is 16.2. The Labute approximate surface area is 87.2 Å². The molecule has 7 heteroatoms. The van der Waals surface area contributed by atoms with Gasteiger partial charge in [0.1, 0.15) is 12.2 Å². The molecule has 0 fully saturated rings. The van der Waals surface area contributed by atoms with Crippen LogP contribution in [-0.2, 0) is 17.9 Å². The molecule has 1 aliphatic rings. The van der Waals surface area contributed by atoms with Crippen molar-refractivity contribution in [2.24, 2.45) is 5.84 Å². The van der Waals surface area contributed by atoms with Crippen LogP contribution in [0, 0.1) is 0 Å². The summed E-state index contributed by atoms with van der Waals surface area (Å²) in [6.07, 6.45) is 1.71. The van der Waals surface area contributed by atoms with Crippen molar-refractivity contribution in [1.82, 2.24) is 25.1 Å². The first kappa shape index (κ1) is 10.1. The summed E-state index contributed by atoms with van der Waals surface area (Å²) in [4.78, 5) is 13.4. The number of amides is 1. The van der Waals surface area contributed by atoms with Gasteiger partial charge in [0, 0.05) is 13.1 Å². The fraction of sp³-hybridized carbons (Fsp3) is 0.625. The Kier molecular flexibility index (Phi) is 2.65. The van der Waals surface area contributed by atoms with Crippen molar-refractivity contribution < 1.29 is 4.79 Å². The molecule has 1 atom stereocenters. The lowest BCUT2D eigenvalue weighted by molar-refractivity contribution is -0.126. The van der Waals surface area contributed by atoms with E-state index in [0.717, 1.165) is 18.9 Å². The number of carbonyl (C=O) groups excluding carboxylic acids is 1. The number of hydrogen-bond donors (Lipinski definition) is 2. The van der Waals surface area contributed by atoms with Crippen LogP contribution in [0.25, 0.3) is 0 Å². The lowest BCUT2D eigenvalue weighted by atomic mass is 10.2. The molecular formula is C8H14N6O. The van der Waals surface area contributed by atoms with E-state index in [1.165, 1.54) is 0 Å². The van der Waals surface area contributed by atoms with Gasteiger partial charge in [-0.2, -0.15) is 0 Å². The van der Waals surface area contributed by atoms with Gasteiger partial charge in [-0.3, -0.25) is 15.1 Å². The van der Waals surface area contributed by atoms with Gasteiger partial charge in [0.15, 0.2) is 0 Å². The summed E-state index contributed by atoms with van der Waals surface area (Å²) in [6.45, 7) is 4.08. The smallest absolute Gasteiger partial charge is 0.250 e. The summed E-state index contributed by atoms with van der Waals surface area (Å²) in [5, 5.41) is 7.81. The molecule has 1 amide bonds. The van der Waals surface area contributed by atoms with E-state index in [1.54, 1.807) is 6.33 Å². The summed E-state index contributed by atoms with van der Waals surface area (Å²) in [5.74, 6) is 5.80. The average Bonchev–Trinajstić information content (AvgIpc) is 2.73. The molecule has 1 unspecified atom stereocenters. The normalized spacial score (nSPS) is 18.3. The number of carbonyl (C=O) groups is 1. The number of hydrogen-bond acceptors (Lipinski definition) is 5. The van der Waals surface area contributed by atoms with Crippen LogP contribution in [0.4, 0.5) is 0 Å². The number of hydrazine groups is 1. The molecule has 1 aliphatic heterocycles. The molecule has 0 spiro atoms. The molecule has 2 rings (SSSR count). The zero-order chi connectivity index (χ0) is 10.8. The lowest BCUT2D eigenvalue weighted by Crippen LogP contribution is -2.49. The van der Waals surface area contributed by atoms with Crippen molar-refractivity contribution in [3.63, 3.8) is 0 Å². The summed E-state index contributed by atoms with van der Waals surface area (Å²) < 4.78 is 1.99. The fourth-order valence-electron chi connectivity index (χ4n) is 1.70. The first-order chi connectivity index (χ1) is 7.22. The van der Waals surface area contributed by atoms with Crippen LogP contribution in [0.15, 0.2) is 6.33 Å². The molecule has 15 heavy (non-hydrogen) atoms. The van der Waals surface area contributed by atoms with E-state index in [1.807, 2.05) is 16.4 Å². The highest BCUT2D eigenvalue weighted by Crippen LogP contribution is 2.11. The van der Waals surface area contributed by atoms with Gasteiger partial charge in [-0.05, 0) is 6.92 Å². The van der Waals surface area contributed by atoms with Crippen molar-refractivity contribution in [3.8, 4) is 0 Å². The Bertz CT molecular complexity index is 362. The highest BCUT2D eigenvalue weighted by Gasteiger charge is 2.25. The van der Waals surface area contributed by atoms with Crippen molar-refractivity contribution in [3.05, 3.63) is 12.2 Å². The maximum atomic E-state index is 11.3. The van der Waals surface area contributed by atoms with Crippen molar-refractivity contribution in [1.29, 1.82) is 0 Å². The second kappa shape index (κ2) is 3.95. The monoisotopic (exact) mass is 210 g/mol. The van der Waals surface area contributed by atoms with Gasteiger partial charge in [-0.25, -0.2) is 5.84 Å². The van der Waals surface area contributed by atoms with E-state index >= 15 is 0 Å². The van der Waals surface area contributed by atoms with Crippen LogP contribution in [-0.4, -0.2) is 38.2 Å². The van der Waals surface area contributed by atoms with E-state index in [0.29, 0.717) is 6.54 Å². The summed E-state index contributed by atoms with van der Waals surface area (Å²) in [6, 6.07) is -0.236. The van der Waals surface area contributed by atoms with Gasteiger partial charge in [0.05, 0.1) is 12.6 Å². The molecular weight excluding hydrogens is 196 g/mol. The number of aromatic nitrogens is 3. The Hall–Kier alpha value is -1.47. The van der Waals surface area contributed by atoms with Gasteiger partial charge >= 0.3 is 0 Å². The fourth-order valence-corrected chi connectivity index (χ4v) is 1.70. The topological polar surface area (TPSA) is 89.1 Å². The van der Waals surface area contributed by atoms with Crippen LogP contribution < -0.4 is 11.3 Å². The maximum Gasteiger partial charge on any atom is 0.250 e. The van der Waals surface area contributed by atoms with Crippen LogP contribution >= 0.6 is 0 Å². The molecule has 0 radical (unpaired) electrons. The summed E-state index contributed by atoms with van der Waals surface area (Å²) in [5.41, 5.74) is 2.16. The molecule has 82 valence electrons. The van der Waals surface area contributed by atoms with Gasteiger partial charge in [-0.15, -0.1) is 10.2 Å². The van der Waals surface area contributed by atoms with Gasteiger partial charge in [0.2, 0.25) is 0 Å². The predicted octanol–water partition coefficient (Wildman–Crippen LogP) is -1.53. The van der Waals surface area contributed by atoms with Gasteiger partial charge in [0.25, 0.3) is 5.91 Å². The van der Waals surface area contributed by atoms with Crippen LogP contribution in [0.1, 0.15) is 12.7 Å². The molecule has 0 aliphatic carbocycles. The molecule has 2 heterocycles. The van der Waals surface area contributed by atoms with Gasteiger partial charge < -0.3 is 4.57 Å². The maximum absolute atomic E-state index is 11.3. The number of nitrogens with zero attached hydrogens (tertiary/aromatic N) is 4. The number of fused-ring (bicyclic) bond motifs is 1. The molecule has 3 N–H and O–H groups in total. The van der Waals surface area contributed by atoms with E-state index in [2.05, 4.69) is 15.6 Å².